The second kappa shape index (κ2) is 8.71. The standard InChI is InChI=1S/C25H17Cl2FO5/c1-13-5-17(31-11-18-19(27)3-2-4-20(18)28)9-21-23(13)24(29)22(33-21)8-14-6-16(26)7-15-10-30-12-32-25(14)15/h2-9H,10-12H2,1H3/b22-8-. The Bertz CT molecular complexity index is 1300. The summed E-state index contributed by atoms with van der Waals surface area (Å²) in [6.07, 6.45) is 1.61. The van der Waals surface area contributed by atoms with Crippen molar-refractivity contribution in [1.82, 2.24) is 0 Å². The molecule has 5 nitrogen and oxygen atoms in total. The number of benzene rings is 3. The number of carbonyl (C=O) groups excluding carboxylic acids is 1. The Kier molecular flexibility index (Phi) is 5.74. The number of rotatable bonds is 4. The molecule has 0 radical (unpaired) electrons. The van der Waals surface area contributed by atoms with E-state index in [4.69, 9.17) is 42.1 Å². The fraction of sp³-hybridized carbons (Fsp3) is 0.160. The largest absolute Gasteiger partial charge is 0.489 e. The number of fused-ring (bicyclic) bond motifs is 2. The highest BCUT2D eigenvalue weighted by atomic mass is 35.5. The molecule has 0 atom stereocenters. The Balaban J connectivity index is 1.43. The van der Waals surface area contributed by atoms with Crippen LogP contribution in [0, 0.1) is 12.7 Å². The zero-order valence-corrected chi connectivity index (χ0v) is 18.9. The van der Waals surface area contributed by atoms with E-state index in [9.17, 15) is 9.18 Å². The lowest BCUT2D eigenvalue weighted by Gasteiger charge is -2.20. The molecule has 0 aliphatic carbocycles. The van der Waals surface area contributed by atoms with Crippen LogP contribution in [0.1, 0.15) is 32.6 Å². The topological polar surface area (TPSA) is 54.0 Å². The van der Waals surface area contributed by atoms with Crippen LogP contribution in [0.25, 0.3) is 6.08 Å². The van der Waals surface area contributed by atoms with Crippen molar-refractivity contribution in [3.8, 4) is 17.2 Å². The minimum atomic E-state index is -0.450. The lowest BCUT2D eigenvalue weighted by Crippen LogP contribution is -2.12. The molecule has 0 saturated heterocycles. The average Bonchev–Trinajstić information content (AvgIpc) is 3.09. The zero-order chi connectivity index (χ0) is 23.1. The highest BCUT2D eigenvalue weighted by molar-refractivity contribution is 6.31. The second-order valence-electron chi connectivity index (χ2n) is 7.64. The summed E-state index contributed by atoms with van der Waals surface area (Å²) in [5.41, 5.74) is 2.79. The van der Waals surface area contributed by atoms with E-state index in [2.05, 4.69) is 0 Å². The van der Waals surface area contributed by atoms with Gasteiger partial charge in [-0.05, 0) is 48.9 Å². The highest BCUT2D eigenvalue weighted by Gasteiger charge is 2.31. The number of hydrogen-bond donors (Lipinski definition) is 0. The molecule has 8 heteroatoms. The summed E-state index contributed by atoms with van der Waals surface area (Å²) in [5, 5.41) is 0.776. The Morgan fingerprint density at radius 2 is 2.03 bits per heavy atom. The molecule has 5 rings (SSSR count). The van der Waals surface area contributed by atoms with Gasteiger partial charge in [0.05, 0.1) is 17.2 Å². The molecule has 2 aliphatic heterocycles. The normalized spacial score (nSPS) is 15.6. The van der Waals surface area contributed by atoms with Crippen molar-refractivity contribution >= 4 is 35.1 Å². The van der Waals surface area contributed by atoms with Gasteiger partial charge in [0.25, 0.3) is 0 Å². The summed E-state index contributed by atoms with van der Waals surface area (Å²) >= 11 is 12.3. The van der Waals surface area contributed by atoms with Gasteiger partial charge in [-0.15, -0.1) is 0 Å². The van der Waals surface area contributed by atoms with Crippen molar-refractivity contribution in [3.63, 3.8) is 0 Å². The van der Waals surface area contributed by atoms with Crippen LogP contribution < -0.4 is 14.2 Å². The van der Waals surface area contributed by atoms with E-state index in [1.54, 1.807) is 43.3 Å². The Labute approximate surface area is 199 Å². The van der Waals surface area contributed by atoms with Crippen LogP contribution in [0.3, 0.4) is 0 Å². The fourth-order valence-electron chi connectivity index (χ4n) is 3.84. The predicted octanol–water partition coefficient (Wildman–Crippen LogP) is 6.50. The molecular formula is C25H17Cl2FO5. The van der Waals surface area contributed by atoms with Gasteiger partial charge in [-0.2, -0.15) is 0 Å². The van der Waals surface area contributed by atoms with E-state index >= 15 is 0 Å². The lowest BCUT2D eigenvalue weighted by molar-refractivity contribution is -0.0165. The summed E-state index contributed by atoms with van der Waals surface area (Å²) < 4.78 is 36.6. The molecule has 0 N–H and O–H groups in total. The van der Waals surface area contributed by atoms with Gasteiger partial charge in [0.2, 0.25) is 5.78 Å². The van der Waals surface area contributed by atoms with Gasteiger partial charge >= 0.3 is 0 Å². The number of carbonyl (C=O) groups is 1. The van der Waals surface area contributed by atoms with Gasteiger partial charge < -0.3 is 18.9 Å². The minimum Gasteiger partial charge on any atom is -0.489 e. The van der Waals surface area contributed by atoms with Crippen LogP contribution in [0.5, 0.6) is 17.2 Å². The third-order valence-electron chi connectivity index (χ3n) is 5.38. The number of ether oxygens (including phenoxy) is 4. The molecule has 168 valence electrons. The fourth-order valence-corrected chi connectivity index (χ4v) is 4.31. The maximum absolute atomic E-state index is 14.0. The Morgan fingerprint density at radius 1 is 1.18 bits per heavy atom. The van der Waals surface area contributed by atoms with E-state index in [1.807, 2.05) is 0 Å². The van der Waals surface area contributed by atoms with Gasteiger partial charge in [0, 0.05) is 27.8 Å². The lowest BCUT2D eigenvalue weighted by atomic mass is 10.0. The first kappa shape index (κ1) is 21.8. The number of hydrogen-bond acceptors (Lipinski definition) is 5. The highest BCUT2D eigenvalue weighted by Crippen LogP contribution is 2.40. The molecule has 0 bridgehead atoms. The first-order chi connectivity index (χ1) is 15.9. The van der Waals surface area contributed by atoms with Gasteiger partial charge in [-0.3, -0.25) is 4.79 Å². The van der Waals surface area contributed by atoms with Crippen molar-refractivity contribution in [3.05, 3.63) is 91.9 Å². The van der Waals surface area contributed by atoms with Crippen molar-refractivity contribution in [2.75, 3.05) is 6.79 Å². The number of halogens is 3. The summed E-state index contributed by atoms with van der Waals surface area (Å²) in [4.78, 5) is 13.1. The van der Waals surface area contributed by atoms with Crippen LogP contribution >= 0.6 is 23.2 Å². The van der Waals surface area contributed by atoms with Crippen molar-refractivity contribution in [2.24, 2.45) is 0 Å². The van der Waals surface area contributed by atoms with E-state index in [1.165, 1.54) is 12.1 Å². The molecule has 2 aliphatic rings. The summed E-state index contributed by atoms with van der Waals surface area (Å²) in [6, 6.07) is 11.2. The summed E-state index contributed by atoms with van der Waals surface area (Å²) in [7, 11) is 0. The molecular weight excluding hydrogens is 470 g/mol. The monoisotopic (exact) mass is 486 g/mol. The van der Waals surface area contributed by atoms with Gasteiger partial charge in [-0.25, -0.2) is 4.39 Å². The van der Waals surface area contributed by atoms with Gasteiger partial charge in [0.15, 0.2) is 12.6 Å². The first-order valence-corrected chi connectivity index (χ1v) is 10.8. The minimum absolute atomic E-state index is 0.0611. The van der Waals surface area contributed by atoms with Crippen molar-refractivity contribution in [1.29, 1.82) is 0 Å². The van der Waals surface area contributed by atoms with Gasteiger partial charge in [0.1, 0.15) is 29.7 Å². The number of aryl methyl sites for hydroxylation is 1. The summed E-state index contributed by atoms with van der Waals surface area (Å²) in [6.45, 7) is 2.21. The van der Waals surface area contributed by atoms with Gasteiger partial charge in [-0.1, -0.05) is 29.3 Å². The van der Waals surface area contributed by atoms with Crippen LogP contribution in [0.2, 0.25) is 10.0 Å². The zero-order valence-electron chi connectivity index (χ0n) is 17.4. The van der Waals surface area contributed by atoms with Crippen LogP contribution in [-0.4, -0.2) is 12.6 Å². The second-order valence-corrected chi connectivity index (χ2v) is 8.48. The van der Waals surface area contributed by atoms with E-state index in [0.717, 1.165) is 5.56 Å². The maximum Gasteiger partial charge on any atom is 0.232 e. The molecule has 0 amide bonds. The van der Waals surface area contributed by atoms with Crippen molar-refractivity contribution in [2.45, 2.75) is 20.1 Å². The number of allylic oxidation sites excluding steroid dienone is 1. The molecule has 0 unspecified atom stereocenters. The Morgan fingerprint density at radius 3 is 2.85 bits per heavy atom. The third-order valence-corrected chi connectivity index (χ3v) is 5.95. The van der Waals surface area contributed by atoms with E-state index in [-0.39, 0.29) is 35.5 Å². The molecule has 0 fully saturated rings. The molecule has 0 saturated carbocycles. The Hall–Kier alpha value is -3.06. The molecule has 33 heavy (non-hydrogen) atoms. The average molecular weight is 487 g/mol. The quantitative estimate of drug-likeness (QED) is 0.393. The molecule has 0 aromatic heterocycles. The summed E-state index contributed by atoms with van der Waals surface area (Å²) in [5.74, 6) is 0.831. The molecule has 2 heterocycles. The third kappa shape index (κ3) is 4.17. The molecule has 0 spiro atoms. The van der Waals surface area contributed by atoms with Crippen LogP contribution in [-0.2, 0) is 18.0 Å². The van der Waals surface area contributed by atoms with Crippen LogP contribution in [0.4, 0.5) is 4.39 Å². The first-order valence-electron chi connectivity index (χ1n) is 10.1. The molecule has 3 aromatic carbocycles. The number of Topliss-reactive ketones (excluding diaryl/α,β-unsaturated/α-hetero) is 1. The molecule has 3 aromatic rings. The smallest absolute Gasteiger partial charge is 0.232 e. The van der Waals surface area contributed by atoms with Crippen LogP contribution in [0.15, 0.2) is 48.2 Å². The maximum atomic E-state index is 14.0. The van der Waals surface area contributed by atoms with E-state index in [0.29, 0.717) is 45.6 Å². The SMILES string of the molecule is Cc1cc(OCc2c(F)cccc2Cl)cc2c1C(=O)/C(=C/c1cc(Cl)cc3c1OCOC3)O2. The van der Waals surface area contributed by atoms with E-state index < -0.39 is 5.82 Å². The number of ketones is 1. The predicted molar refractivity (Wildman–Crippen MR) is 122 cm³/mol. The van der Waals surface area contributed by atoms with Crippen molar-refractivity contribution < 1.29 is 28.1 Å².